The number of hydrogen-bond acceptors (Lipinski definition) is 6. The second-order valence-corrected chi connectivity index (χ2v) is 6.85. The minimum atomic E-state index is 0.118. The highest BCUT2D eigenvalue weighted by molar-refractivity contribution is 7.15. The first-order chi connectivity index (χ1) is 11.7. The smallest absolute Gasteiger partial charge is 0.231 e. The summed E-state index contributed by atoms with van der Waals surface area (Å²) in [6, 6.07) is 12.7. The topological polar surface area (TPSA) is 71.2 Å². The zero-order chi connectivity index (χ0) is 16.5. The normalized spacial score (nSPS) is 11.0. The molecule has 0 unspecified atom stereocenters. The highest BCUT2D eigenvalue weighted by Gasteiger charge is 2.13. The highest BCUT2D eigenvalue weighted by atomic mass is 35.5. The van der Waals surface area contributed by atoms with Gasteiger partial charge in [0.25, 0.3) is 0 Å². The number of thiazole rings is 1. The van der Waals surface area contributed by atoms with Crippen LogP contribution >= 0.6 is 22.9 Å². The number of rotatable bonds is 4. The minimum absolute atomic E-state index is 0.118. The van der Waals surface area contributed by atoms with Gasteiger partial charge in [-0.15, -0.1) is 11.3 Å². The average molecular weight is 358 g/mol. The van der Waals surface area contributed by atoms with E-state index < -0.39 is 0 Å². The van der Waals surface area contributed by atoms with Crippen molar-refractivity contribution < 1.29 is 9.52 Å². The third-order valence-electron chi connectivity index (χ3n) is 3.51. The zero-order valence-electron chi connectivity index (χ0n) is 12.4. The summed E-state index contributed by atoms with van der Waals surface area (Å²) < 4.78 is 6.25. The quantitative estimate of drug-likeness (QED) is 0.507. The molecule has 120 valence electrons. The molecule has 0 saturated heterocycles. The summed E-state index contributed by atoms with van der Waals surface area (Å²) in [5.74, 6) is 0.506. The third-order valence-corrected chi connectivity index (χ3v) is 4.63. The molecule has 0 fully saturated rings. The van der Waals surface area contributed by atoms with Crippen molar-refractivity contribution in [2.75, 3.05) is 5.32 Å². The Kier molecular flexibility index (Phi) is 3.84. The standard InChI is InChI=1S/C17H12ClN3O2S/c18-17-20-9-11(24-17)8-19-10-5-6-14(22)12(7-10)16-21-13-3-1-2-4-15(13)23-16/h1-7,9,19,22H,8H2. The van der Waals surface area contributed by atoms with Crippen molar-refractivity contribution in [1.29, 1.82) is 0 Å². The van der Waals surface area contributed by atoms with Crippen LogP contribution in [-0.4, -0.2) is 15.1 Å². The first-order valence-electron chi connectivity index (χ1n) is 7.22. The molecule has 7 heteroatoms. The van der Waals surface area contributed by atoms with Gasteiger partial charge in [-0.3, -0.25) is 0 Å². The maximum atomic E-state index is 10.1. The van der Waals surface area contributed by atoms with E-state index in [0.717, 1.165) is 16.1 Å². The van der Waals surface area contributed by atoms with Crippen LogP contribution < -0.4 is 5.32 Å². The molecule has 0 saturated carbocycles. The molecule has 0 spiro atoms. The molecule has 0 aliphatic carbocycles. The number of para-hydroxylation sites is 2. The van der Waals surface area contributed by atoms with Crippen LogP contribution in [0.15, 0.2) is 53.1 Å². The van der Waals surface area contributed by atoms with Gasteiger partial charge in [-0.2, -0.15) is 0 Å². The Morgan fingerprint density at radius 2 is 2.08 bits per heavy atom. The molecule has 0 bridgehead atoms. The van der Waals surface area contributed by atoms with Gasteiger partial charge in [-0.05, 0) is 30.3 Å². The van der Waals surface area contributed by atoms with Crippen molar-refractivity contribution in [3.05, 3.63) is 58.0 Å². The van der Waals surface area contributed by atoms with E-state index in [2.05, 4.69) is 15.3 Å². The van der Waals surface area contributed by atoms with Gasteiger partial charge < -0.3 is 14.8 Å². The number of phenolic OH excluding ortho intramolecular Hbond substituents is 1. The lowest BCUT2D eigenvalue weighted by atomic mass is 10.1. The molecule has 24 heavy (non-hydrogen) atoms. The van der Waals surface area contributed by atoms with Gasteiger partial charge >= 0.3 is 0 Å². The number of aromatic hydroxyl groups is 1. The molecule has 4 rings (SSSR count). The number of anilines is 1. The second-order valence-electron chi connectivity index (χ2n) is 5.15. The van der Waals surface area contributed by atoms with E-state index in [9.17, 15) is 5.11 Å². The van der Waals surface area contributed by atoms with Crippen molar-refractivity contribution in [1.82, 2.24) is 9.97 Å². The van der Waals surface area contributed by atoms with Crippen LogP contribution in [0.3, 0.4) is 0 Å². The molecule has 0 aliphatic rings. The van der Waals surface area contributed by atoms with Crippen molar-refractivity contribution in [3.8, 4) is 17.2 Å². The number of nitrogens with one attached hydrogen (secondary N) is 1. The molecule has 2 heterocycles. The van der Waals surface area contributed by atoms with Crippen LogP contribution in [0.4, 0.5) is 5.69 Å². The number of fused-ring (bicyclic) bond motifs is 1. The van der Waals surface area contributed by atoms with E-state index in [1.807, 2.05) is 30.3 Å². The van der Waals surface area contributed by atoms with Gasteiger partial charge in [0.1, 0.15) is 11.3 Å². The van der Waals surface area contributed by atoms with Gasteiger partial charge in [0.15, 0.2) is 10.0 Å². The highest BCUT2D eigenvalue weighted by Crippen LogP contribution is 2.33. The summed E-state index contributed by atoms with van der Waals surface area (Å²) in [6.07, 6.45) is 1.74. The Bertz CT molecular complexity index is 979. The molecule has 0 radical (unpaired) electrons. The van der Waals surface area contributed by atoms with Crippen LogP contribution in [0.25, 0.3) is 22.6 Å². The van der Waals surface area contributed by atoms with Gasteiger partial charge in [0.2, 0.25) is 5.89 Å². The second kappa shape index (κ2) is 6.14. The van der Waals surface area contributed by atoms with Crippen LogP contribution in [0.5, 0.6) is 5.75 Å². The summed E-state index contributed by atoms with van der Waals surface area (Å²) in [4.78, 5) is 9.46. The summed E-state index contributed by atoms with van der Waals surface area (Å²) >= 11 is 7.26. The predicted molar refractivity (Wildman–Crippen MR) is 95.6 cm³/mol. The number of nitrogens with zero attached hydrogens (tertiary/aromatic N) is 2. The van der Waals surface area contributed by atoms with E-state index in [0.29, 0.717) is 28.0 Å². The SMILES string of the molecule is Oc1ccc(NCc2cnc(Cl)s2)cc1-c1nc2ccccc2o1. The van der Waals surface area contributed by atoms with E-state index in [4.69, 9.17) is 16.0 Å². The lowest BCUT2D eigenvalue weighted by Crippen LogP contribution is -1.97. The van der Waals surface area contributed by atoms with E-state index >= 15 is 0 Å². The zero-order valence-corrected chi connectivity index (χ0v) is 13.9. The van der Waals surface area contributed by atoms with E-state index in [1.165, 1.54) is 11.3 Å². The first-order valence-corrected chi connectivity index (χ1v) is 8.41. The molecular formula is C17H12ClN3O2S. The number of oxazole rings is 1. The fourth-order valence-corrected chi connectivity index (χ4v) is 3.28. The molecule has 2 aromatic carbocycles. The van der Waals surface area contributed by atoms with Crippen LogP contribution in [0.2, 0.25) is 4.47 Å². The maximum Gasteiger partial charge on any atom is 0.231 e. The van der Waals surface area contributed by atoms with E-state index in [1.54, 1.807) is 18.3 Å². The Morgan fingerprint density at radius 3 is 2.88 bits per heavy atom. The summed E-state index contributed by atoms with van der Waals surface area (Å²) in [5.41, 5.74) is 2.82. The van der Waals surface area contributed by atoms with Crippen molar-refractivity contribution in [2.45, 2.75) is 6.54 Å². The van der Waals surface area contributed by atoms with E-state index in [-0.39, 0.29) is 5.75 Å². The number of phenols is 1. The van der Waals surface area contributed by atoms with Crippen molar-refractivity contribution in [3.63, 3.8) is 0 Å². The third kappa shape index (κ3) is 2.93. The predicted octanol–water partition coefficient (Wildman–Crippen LogP) is 4.92. The summed E-state index contributed by atoms with van der Waals surface area (Å²) in [6.45, 7) is 0.599. The molecule has 0 aliphatic heterocycles. The number of benzene rings is 2. The first kappa shape index (κ1) is 15.0. The summed E-state index contributed by atoms with van der Waals surface area (Å²) in [5, 5.41) is 13.4. The minimum Gasteiger partial charge on any atom is -0.507 e. The fraction of sp³-hybridized carbons (Fsp3) is 0.0588. The Labute approximate surface area is 146 Å². The lowest BCUT2D eigenvalue weighted by molar-refractivity contribution is 0.474. The Hall–Kier alpha value is -2.57. The Balaban J connectivity index is 1.63. The van der Waals surface area contributed by atoms with Gasteiger partial charge in [-0.25, -0.2) is 9.97 Å². The van der Waals surface area contributed by atoms with Crippen LogP contribution in [0.1, 0.15) is 4.88 Å². The monoisotopic (exact) mass is 357 g/mol. The van der Waals surface area contributed by atoms with Gasteiger partial charge in [0, 0.05) is 16.8 Å². The molecule has 2 N–H and O–H groups in total. The van der Waals surface area contributed by atoms with Crippen molar-refractivity contribution in [2.24, 2.45) is 0 Å². The molecule has 0 atom stereocenters. The van der Waals surface area contributed by atoms with Crippen LogP contribution in [0, 0.1) is 0 Å². The fourth-order valence-electron chi connectivity index (χ4n) is 2.36. The number of hydrogen-bond donors (Lipinski definition) is 2. The molecule has 2 aromatic heterocycles. The summed E-state index contributed by atoms with van der Waals surface area (Å²) in [7, 11) is 0. The average Bonchev–Trinajstić information content (AvgIpc) is 3.20. The molecule has 0 amide bonds. The van der Waals surface area contributed by atoms with Crippen LogP contribution in [-0.2, 0) is 6.54 Å². The van der Waals surface area contributed by atoms with Gasteiger partial charge in [-0.1, -0.05) is 23.7 Å². The lowest BCUT2D eigenvalue weighted by Gasteiger charge is -2.07. The number of halogens is 1. The largest absolute Gasteiger partial charge is 0.507 e. The maximum absolute atomic E-state index is 10.1. The molecular weight excluding hydrogens is 346 g/mol. The van der Waals surface area contributed by atoms with Gasteiger partial charge in [0.05, 0.1) is 12.1 Å². The van der Waals surface area contributed by atoms with Crippen molar-refractivity contribution >= 4 is 39.7 Å². The Morgan fingerprint density at radius 1 is 1.21 bits per heavy atom. The number of aromatic nitrogens is 2. The molecule has 5 nitrogen and oxygen atoms in total. The molecule has 4 aromatic rings.